The van der Waals surface area contributed by atoms with Crippen LogP contribution in [0.5, 0.6) is 5.88 Å². The monoisotopic (exact) mass is 282 g/mol. The molecule has 0 aromatic carbocycles. The summed E-state index contributed by atoms with van der Waals surface area (Å²) in [6.07, 6.45) is 0. The van der Waals surface area contributed by atoms with E-state index in [1.165, 1.54) is 0 Å². The van der Waals surface area contributed by atoms with Crippen LogP contribution in [0.2, 0.25) is 0 Å². The number of aromatic nitrogens is 2. The van der Waals surface area contributed by atoms with E-state index in [2.05, 4.69) is 37.7 Å². The summed E-state index contributed by atoms with van der Waals surface area (Å²) in [7, 11) is 3.60. The molecule has 0 bridgehead atoms. The molecule has 0 saturated carbocycles. The molecule has 1 unspecified atom stereocenters. The molecule has 2 N–H and O–H groups in total. The van der Waals surface area contributed by atoms with Crippen LogP contribution in [0.4, 0.5) is 0 Å². The topological polar surface area (TPSA) is 56.3 Å². The third-order valence-electron chi connectivity index (χ3n) is 3.60. The summed E-state index contributed by atoms with van der Waals surface area (Å²) in [6, 6.07) is 0.566. The van der Waals surface area contributed by atoms with Gasteiger partial charge in [0.25, 0.3) is 0 Å². The maximum atomic E-state index is 6.09. The normalized spacial score (nSPS) is 13.6. The average molecular weight is 282 g/mol. The first kappa shape index (κ1) is 17.0. The predicted octanol–water partition coefficient (Wildman–Crippen LogP) is 2.10. The van der Waals surface area contributed by atoms with Crippen LogP contribution >= 0.6 is 0 Å². The van der Waals surface area contributed by atoms with E-state index in [0.29, 0.717) is 18.5 Å². The average Bonchev–Trinajstić information content (AvgIpc) is 2.63. The van der Waals surface area contributed by atoms with E-state index in [0.717, 1.165) is 23.7 Å². The smallest absolute Gasteiger partial charge is 0.216 e. The molecule has 1 aromatic rings. The fourth-order valence-electron chi connectivity index (χ4n) is 2.82. The summed E-state index contributed by atoms with van der Waals surface area (Å²) in [6.45, 7) is 12.5. The number of hydrogen-bond acceptors (Lipinski definition) is 4. The highest BCUT2D eigenvalue weighted by Crippen LogP contribution is 2.32. The molecule has 0 aliphatic carbocycles. The molecule has 0 saturated heterocycles. The Bertz CT molecular complexity index is 426. The summed E-state index contributed by atoms with van der Waals surface area (Å²) in [4.78, 5) is 2.44. The second-order valence-corrected chi connectivity index (χ2v) is 6.07. The Labute approximate surface area is 123 Å². The van der Waals surface area contributed by atoms with E-state index < -0.39 is 0 Å². The largest absolute Gasteiger partial charge is 0.481 e. The van der Waals surface area contributed by atoms with Gasteiger partial charge >= 0.3 is 0 Å². The number of ether oxygens (including phenoxy) is 1. The molecule has 20 heavy (non-hydrogen) atoms. The maximum Gasteiger partial charge on any atom is 0.216 e. The molecule has 0 aliphatic rings. The van der Waals surface area contributed by atoms with E-state index in [4.69, 9.17) is 10.5 Å². The Kier molecular flexibility index (Phi) is 6.02. The van der Waals surface area contributed by atoms with Crippen molar-refractivity contribution in [1.29, 1.82) is 0 Å². The van der Waals surface area contributed by atoms with E-state index >= 15 is 0 Å². The van der Waals surface area contributed by atoms with E-state index in [-0.39, 0.29) is 6.04 Å². The summed E-state index contributed by atoms with van der Waals surface area (Å²) in [5, 5.41) is 4.48. The molecule has 1 atom stereocenters. The van der Waals surface area contributed by atoms with E-state index in [1.54, 1.807) is 11.8 Å². The second-order valence-electron chi connectivity index (χ2n) is 6.07. The molecule has 0 amide bonds. The molecule has 1 rings (SSSR count). The molecule has 0 aliphatic heterocycles. The van der Waals surface area contributed by atoms with Crippen molar-refractivity contribution in [3.05, 3.63) is 11.3 Å². The first-order valence-electron chi connectivity index (χ1n) is 7.36. The molecule has 0 spiro atoms. The van der Waals surface area contributed by atoms with Gasteiger partial charge in [-0.3, -0.25) is 4.90 Å². The lowest BCUT2D eigenvalue weighted by atomic mass is 10.0. The Morgan fingerprint density at radius 2 is 1.90 bits per heavy atom. The number of hydrogen-bond donors (Lipinski definition) is 1. The lowest BCUT2D eigenvalue weighted by Crippen LogP contribution is -2.41. The highest BCUT2D eigenvalue weighted by molar-refractivity contribution is 5.34. The van der Waals surface area contributed by atoms with Crippen LogP contribution in [0, 0.1) is 12.8 Å². The summed E-state index contributed by atoms with van der Waals surface area (Å²) >= 11 is 0. The number of nitrogens with zero attached hydrogens (tertiary/aromatic N) is 3. The van der Waals surface area contributed by atoms with Crippen LogP contribution in [0.3, 0.4) is 0 Å². The van der Waals surface area contributed by atoms with Crippen molar-refractivity contribution in [3.63, 3.8) is 0 Å². The first-order valence-corrected chi connectivity index (χ1v) is 7.36. The zero-order chi connectivity index (χ0) is 15.4. The van der Waals surface area contributed by atoms with Crippen LogP contribution in [0.25, 0.3) is 0 Å². The van der Waals surface area contributed by atoms with Crippen LogP contribution in [0.15, 0.2) is 0 Å². The van der Waals surface area contributed by atoms with Crippen LogP contribution in [-0.2, 0) is 7.05 Å². The van der Waals surface area contributed by atoms with Gasteiger partial charge in [-0.15, -0.1) is 0 Å². The highest BCUT2D eigenvalue weighted by Gasteiger charge is 2.29. The van der Waals surface area contributed by atoms with Gasteiger partial charge in [0.15, 0.2) is 0 Å². The Hall–Kier alpha value is -1.07. The van der Waals surface area contributed by atoms with Gasteiger partial charge in [-0.05, 0) is 26.7 Å². The van der Waals surface area contributed by atoms with Gasteiger partial charge in [-0.1, -0.05) is 13.8 Å². The zero-order valence-corrected chi connectivity index (χ0v) is 14.0. The molecular weight excluding hydrogens is 252 g/mol. The third-order valence-corrected chi connectivity index (χ3v) is 3.60. The number of methoxy groups -OCH3 is 1. The molecule has 0 fully saturated rings. The summed E-state index contributed by atoms with van der Waals surface area (Å²) < 4.78 is 7.33. The fraction of sp³-hybridized carbons (Fsp3) is 0.800. The minimum absolute atomic E-state index is 0.140. The number of aryl methyl sites for hydroxylation is 2. The van der Waals surface area contributed by atoms with E-state index in [1.807, 2.05) is 14.0 Å². The quantitative estimate of drug-likeness (QED) is 0.832. The molecule has 5 heteroatoms. The van der Waals surface area contributed by atoms with Crippen LogP contribution in [-0.4, -0.2) is 40.9 Å². The SMILES string of the molecule is COc1c(C(CN)N(CC(C)C)C(C)C)c(C)nn1C. The van der Waals surface area contributed by atoms with Gasteiger partial charge in [0.1, 0.15) is 0 Å². The fourth-order valence-corrected chi connectivity index (χ4v) is 2.82. The van der Waals surface area contributed by atoms with Crippen molar-refractivity contribution in [3.8, 4) is 5.88 Å². The lowest BCUT2D eigenvalue weighted by Gasteiger charge is -2.35. The molecule has 116 valence electrons. The van der Waals surface area contributed by atoms with Gasteiger partial charge in [0.05, 0.1) is 24.4 Å². The van der Waals surface area contributed by atoms with Gasteiger partial charge in [0.2, 0.25) is 5.88 Å². The molecule has 0 radical (unpaired) electrons. The first-order chi connectivity index (χ1) is 9.33. The Morgan fingerprint density at radius 3 is 2.30 bits per heavy atom. The minimum Gasteiger partial charge on any atom is -0.481 e. The zero-order valence-electron chi connectivity index (χ0n) is 14.0. The van der Waals surface area contributed by atoms with Crippen molar-refractivity contribution in [1.82, 2.24) is 14.7 Å². The van der Waals surface area contributed by atoms with E-state index in [9.17, 15) is 0 Å². The molecule has 1 aromatic heterocycles. The highest BCUT2D eigenvalue weighted by atomic mass is 16.5. The molecule has 1 heterocycles. The lowest BCUT2D eigenvalue weighted by molar-refractivity contribution is 0.135. The predicted molar refractivity (Wildman–Crippen MR) is 83.0 cm³/mol. The number of nitrogens with two attached hydrogens (primary N) is 1. The van der Waals surface area contributed by atoms with Gasteiger partial charge in [-0.2, -0.15) is 5.10 Å². The van der Waals surface area contributed by atoms with Crippen LogP contribution in [0.1, 0.15) is 45.0 Å². The second kappa shape index (κ2) is 7.09. The van der Waals surface area contributed by atoms with Crippen molar-refractivity contribution in [2.24, 2.45) is 18.7 Å². The molecular formula is C15H30N4O. The van der Waals surface area contributed by atoms with Gasteiger partial charge < -0.3 is 10.5 Å². The van der Waals surface area contributed by atoms with Crippen molar-refractivity contribution in [2.45, 2.75) is 46.7 Å². The summed E-state index contributed by atoms with van der Waals surface area (Å²) in [5.41, 5.74) is 8.20. The van der Waals surface area contributed by atoms with Crippen molar-refractivity contribution in [2.75, 3.05) is 20.2 Å². The van der Waals surface area contributed by atoms with Gasteiger partial charge in [0, 0.05) is 26.2 Å². The third kappa shape index (κ3) is 3.52. The molecule has 5 nitrogen and oxygen atoms in total. The Balaban J connectivity index is 3.22. The van der Waals surface area contributed by atoms with Crippen LogP contribution < -0.4 is 10.5 Å². The maximum absolute atomic E-state index is 6.09. The van der Waals surface area contributed by atoms with Crippen molar-refractivity contribution >= 4 is 0 Å². The standard InChI is InChI=1S/C15H30N4O/c1-10(2)9-19(11(3)4)13(8-16)14-12(5)17-18(6)15(14)20-7/h10-11,13H,8-9,16H2,1-7H3. The van der Waals surface area contributed by atoms with Gasteiger partial charge in [-0.25, -0.2) is 4.68 Å². The minimum atomic E-state index is 0.140. The number of rotatable bonds is 7. The van der Waals surface area contributed by atoms with Crippen molar-refractivity contribution < 1.29 is 4.74 Å². The summed E-state index contributed by atoms with van der Waals surface area (Å²) in [5.74, 6) is 1.40. The Morgan fingerprint density at radius 1 is 1.30 bits per heavy atom.